The quantitative estimate of drug-likeness (QED) is 0.541. The average Bonchev–Trinajstić information content (AvgIpc) is 2.83. The van der Waals surface area contributed by atoms with E-state index < -0.39 is 18.3 Å². The molecule has 0 saturated carbocycles. The number of alkyl halides is 3. The summed E-state index contributed by atoms with van der Waals surface area (Å²) in [6, 6.07) is 15.9. The standard InChI is InChI=1S/C23H20ClF3N4O2/c24-18-7-3-1-5-16(18)19-9-10-21(29-28-19)30-11-13-31(14-12-30)22(32)15-33-20-8-4-2-6-17(20)23(25,26)27/h1-10H,11-15H2. The van der Waals surface area contributed by atoms with Crippen LogP contribution >= 0.6 is 11.6 Å². The number of carbonyl (C=O) groups excluding carboxylic acids is 1. The lowest BCUT2D eigenvalue weighted by molar-refractivity contribution is -0.141. The number of aromatic nitrogens is 2. The van der Waals surface area contributed by atoms with E-state index in [2.05, 4.69) is 10.2 Å². The molecule has 0 N–H and O–H groups in total. The number of amides is 1. The number of anilines is 1. The van der Waals surface area contributed by atoms with Gasteiger partial charge in [-0.3, -0.25) is 4.79 Å². The molecule has 1 aromatic heterocycles. The highest BCUT2D eigenvalue weighted by Gasteiger charge is 2.34. The Hall–Kier alpha value is -3.33. The predicted octanol–water partition coefficient (Wildman–Crippen LogP) is 4.54. The number of benzene rings is 2. The predicted molar refractivity (Wildman–Crippen MR) is 118 cm³/mol. The van der Waals surface area contributed by atoms with Gasteiger partial charge in [0.25, 0.3) is 5.91 Å². The van der Waals surface area contributed by atoms with Gasteiger partial charge in [0.2, 0.25) is 0 Å². The van der Waals surface area contributed by atoms with Gasteiger partial charge in [-0.15, -0.1) is 10.2 Å². The molecule has 4 rings (SSSR count). The zero-order valence-electron chi connectivity index (χ0n) is 17.4. The van der Waals surface area contributed by atoms with Crippen LogP contribution in [0.15, 0.2) is 60.7 Å². The van der Waals surface area contributed by atoms with Gasteiger partial charge in [-0.25, -0.2) is 0 Å². The molecule has 10 heteroatoms. The number of rotatable bonds is 5. The summed E-state index contributed by atoms with van der Waals surface area (Å²) in [6.45, 7) is 1.38. The maximum atomic E-state index is 13.1. The molecule has 2 heterocycles. The molecule has 1 fully saturated rings. The van der Waals surface area contributed by atoms with Crippen LogP contribution in [0.3, 0.4) is 0 Å². The van der Waals surface area contributed by atoms with E-state index in [4.69, 9.17) is 16.3 Å². The molecule has 2 aromatic carbocycles. The number of piperazine rings is 1. The van der Waals surface area contributed by atoms with Gasteiger partial charge in [-0.05, 0) is 30.3 Å². The van der Waals surface area contributed by atoms with E-state index in [1.807, 2.05) is 35.2 Å². The third-order valence-corrected chi connectivity index (χ3v) is 5.63. The van der Waals surface area contributed by atoms with E-state index in [1.54, 1.807) is 11.0 Å². The number of carbonyl (C=O) groups is 1. The molecule has 0 bridgehead atoms. The minimum atomic E-state index is -4.55. The first-order valence-electron chi connectivity index (χ1n) is 10.2. The third kappa shape index (κ3) is 5.36. The van der Waals surface area contributed by atoms with Crippen molar-refractivity contribution in [3.63, 3.8) is 0 Å². The normalized spacial score (nSPS) is 14.3. The smallest absolute Gasteiger partial charge is 0.419 e. The van der Waals surface area contributed by atoms with Crippen LogP contribution in [-0.4, -0.2) is 53.8 Å². The minimum Gasteiger partial charge on any atom is -0.483 e. The van der Waals surface area contributed by atoms with Crippen molar-refractivity contribution in [1.29, 1.82) is 0 Å². The molecule has 33 heavy (non-hydrogen) atoms. The maximum Gasteiger partial charge on any atom is 0.419 e. The van der Waals surface area contributed by atoms with E-state index in [0.717, 1.165) is 11.6 Å². The van der Waals surface area contributed by atoms with Gasteiger partial charge in [0.15, 0.2) is 12.4 Å². The van der Waals surface area contributed by atoms with Gasteiger partial charge in [-0.1, -0.05) is 41.9 Å². The number of halogens is 4. The second-order valence-corrected chi connectivity index (χ2v) is 7.81. The fraction of sp³-hybridized carbons (Fsp3) is 0.261. The number of para-hydroxylation sites is 1. The summed E-state index contributed by atoms with van der Waals surface area (Å²) < 4.78 is 44.4. The van der Waals surface area contributed by atoms with Gasteiger partial charge < -0.3 is 14.5 Å². The van der Waals surface area contributed by atoms with Crippen LogP contribution in [-0.2, 0) is 11.0 Å². The van der Waals surface area contributed by atoms with Crippen LogP contribution in [0.1, 0.15) is 5.56 Å². The Bertz CT molecular complexity index is 1120. The number of ether oxygens (including phenoxy) is 1. The summed E-state index contributed by atoms with van der Waals surface area (Å²) in [4.78, 5) is 16.0. The molecule has 1 amide bonds. The largest absolute Gasteiger partial charge is 0.483 e. The van der Waals surface area contributed by atoms with Crippen LogP contribution in [0.4, 0.5) is 19.0 Å². The fourth-order valence-corrected chi connectivity index (χ4v) is 3.78. The summed E-state index contributed by atoms with van der Waals surface area (Å²) >= 11 is 6.21. The molecule has 0 radical (unpaired) electrons. The summed E-state index contributed by atoms with van der Waals surface area (Å²) in [7, 11) is 0. The molecule has 1 aliphatic heterocycles. The number of nitrogens with zero attached hydrogens (tertiary/aromatic N) is 4. The Morgan fingerprint density at radius 2 is 1.64 bits per heavy atom. The van der Waals surface area contributed by atoms with Crippen LogP contribution in [0.5, 0.6) is 5.75 Å². The molecule has 3 aromatic rings. The van der Waals surface area contributed by atoms with Gasteiger partial charge >= 0.3 is 6.18 Å². The highest BCUT2D eigenvalue weighted by molar-refractivity contribution is 6.33. The van der Waals surface area contributed by atoms with E-state index >= 15 is 0 Å². The van der Waals surface area contributed by atoms with E-state index in [1.165, 1.54) is 18.2 Å². The van der Waals surface area contributed by atoms with Gasteiger partial charge in [0.05, 0.1) is 16.3 Å². The highest BCUT2D eigenvalue weighted by Crippen LogP contribution is 2.35. The third-order valence-electron chi connectivity index (χ3n) is 5.30. The molecular formula is C23H20ClF3N4O2. The lowest BCUT2D eigenvalue weighted by Gasteiger charge is -2.35. The molecule has 0 spiro atoms. The van der Waals surface area contributed by atoms with Crippen molar-refractivity contribution in [2.24, 2.45) is 0 Å². The topological polar surface area (TPSA) is 58.6 Å². The van der Waals surface area contributed by atoms with Crippen molar-refractivity contribution in [3.8, 4) is 17.0 Å². The van der Waals surface area contributed by atoms with Crippen molar-refractivity contribution >= 4 is 23.3 Å². The monoisotopic (exact) mass is 476 g/mol. The van der Waals surface area contributed by atoms with Gasteiger partial charge in [-0.2, -0.15) is 13.2 Å². The van der Waals surface area contributed by atoms with Crippen molar-refractivity contribution in [2.45, 2.75) is 6.18 Å². The van der Waals surface area contributed by atoms with E-state index in [9.17, 15) is 18.0 Å². The second kappa shape index (κ2) is 9.66. The molecule has 0 unspecified atom stereocenters. The second-order valence-electron chi connectivity index (χ2n) is 7.41. The first-order valence-corrected chi connectivity index (χ1v) is 10.6. The molecule has 1 saturated heterocycles. The molecule has 172 valence electrons. The van der Waals surface area contributed by atoms with Crippen molar-refractivity contribution in [2.75, 3.05) is 37.7 Å². The van der Waals surface area contributed by atoms with Crippen molar-refractivity contribution < 1.29 is 22.7 Å². The highest BCUT2D eigenvalue weighted by atomic mass is 35.5. The Balaban J connectivity index is 1.32. The Morgan fingerprint density at radius 3 is 2.30 bits per heavy atom. The minimum absolute atomic E-state index is 0.356. The first kappa shape index (κ1) is 22.8. The zero-order chi connectivity index (χ0) is 23.4. The lowest BCUT2D eigenvalue weighted by Crippen LogP contribution is -2.50. The SMILES string of the molecule is O=C(COc1ccccc1C(F)(F)F)N1CCN(c2ccc(-c3ccccc3Cl)nn2)CC1. The van der Waals surface area contributed by atoms with Crippen LogP contribution in [0.2, 0.25) is 5.02 Å². The molecular weight excluding hydrogens is 457 g/mol. The molecule has 1 aliphatic rings. The summed E-state index contributed by atoms with van der Waals surface area (Å²) in [5.74, 6) is -0.0501. The van der Waals surface area contributed by atoms with Crippen molar-refractivity contribution in [3.05, 3.63) is 71.2 Å². The van der Waals surface area contributed by atoms with Gasteiger partial charge in [0, 0.05) is 31.7 Å². The first-order chi connectivity index (χ1) is 15.8. The van der Waals surface area contributed by atoms with E-state index in [0.29, 0.717) is 42.7 Å². The van der Waals surface area contributed by atoms with Crippen LogP contribution < -0.4 is 9.64 Å². The Morgan fingerprint density at radius 1 is 0.939 bits per heavy atom. The number of hydrogen-bond acceptors (Lipinski definition) is 5. The Kier molecular flexibility index (Phi) is 6.69. The number of hydrogen-bond donors (Lipinski definition) is 0. The van der Waals surface area contributed by atoms with Crippen molar-refractivity contribution in [1.82, 2.24) is 15.1 Å². The molecule has 0 aliphatic carbocycles. The van der Waals surface area contributed by atoms with E-state index in [-0.39, 0.29) is 11.7 Å². The van der Waals surface area contributed by atoms with Gasteiger partial charge in [0.1, 0.15) is 5.75 Å². The molecule has 6 nitrogen and oxygen atoms in total. The Labute approximate surface area is 193 Å². The summed E-state index contributed by atoms with van der Waals surface area (Å²) in [5, 5.41) is 9.13. The van der Waals surface area contributed by atoms with Crippen LogP contribution in [0.25, 0.3) is 11.3 Å². The maximum absolute atomic E-state index is 13.1. The average molecular weight is 477 g/mol. The summed E-state index contributed by atoms with van der Waals surface area (Å²) in [6.07, 6.45) is -4.55. The fourth-order valence-electron chi connectivity index (χ4n) is 3.55. The lowest BCUT2D eigenvalue weighted by atomic mass is 10.1. The van der Waals surface area contributed by atoms with Crippen LogP contribution in [0, 0.1) is 0 Å². The summed E-state index contributed by atoms with van der Waals surface area (Å²) in [5.41, 5.74) is 0.552. The molecule has 0 atom stereocenters. The zero-order valence-corrected chi connectivity index (χ0v) is 18.2.